The largest absolute Gasteiger partial charge is 0.361 e. The van der Waals surface area contributed by atoms with Crippen molar-refractivity contribution in [2.24, 2.45) is 5.73 Å². The molecule has 5 heteroatoms. The first-order chi connectivity index (χ1) is 10.1. The monoisotopic (exact) mass is 310 g/mol. The molecule has 0 aromatic heterocycles. The van der Waals surface area contributed by atoms with E-state index < -0.39 is 11.9 Å². The van der Waals surface area contributed by atoms with Gasteiger partial charge < -0.3 is 10.6 Å². The molecular formula is C16H17ClF2N2. The lowest BCUT2D eigenvalue weighted by atomic mass is 10.0. The number of hydrogen-bond donors (Lipinski definition) is 1. The highest BCUT2D eigenvalue weighted by atomic mass is 35.5. The number of hydrogen-bond acceptors (Lipinski definition) is 2. The van der Waals surface area contributed by atoms with Crippen LogP contribution in [0.3, 0.4) is 0 Å². The van der Waals surface area contributed by atoms with Gasteiger partial charge in [-0.25, -0.2) is 8.78 Å². The molecule has 0 aliphatic rings. The maximum Gasteiger partial charge on any atom is 0.146 e. The van der Waals surface area contributed by atoms with E-state index >= 15 is 0 Å². The fourth-order valence-corrected chi connectivity index (χ4v) is 2.60. The van der Waals surface area contributed by atoms with Crippen LogP contribution < -0.4 is 10.6 Å². The van der Waals surface area contributed by atoms with Gasteiger partial charge in [0.25, 0.3) is 0 Å². The van der Waals surface area contributed by atoms with E-state index in [4.69, 9.17) is 17.3 Å². The van der Waals surface area contributed by atoms with Gasteiger partial charge in [-0.05, 0) is 31.2 Å². The van der Waals surface area contributed by atoms with Gasteiger partial charge in [0.1, 0.15) is 11.6 Å². The molecule has 21 heavy (non-hydrogen) atoms. The van der Waals surface area contributed by atoms with Crippen LogP contribution in [0.1, 0.15) is 18.5 Å². The van der Waals surface area contributed by atoms with Crippen LogP contribution in [-0.2, 0) is 0 Å². The van der Waals surface area contributed by atoms with Crippen molar-refractivity contribution in [2.45, 2.75) is 13.0 Å². The molecule has 0 amide bonds. The fraction of sp³-hybridized carbons (Fsp3) is 0.250. The molecule has 1 unspecified atom stereocenters. The first-order valence-electron chi connectivity index (χ1n) is 6.74. The van der Waals surface area contributed by atoms with Crippen LogP contribution in [-0.4, -0.2) is 13.1 Å². The maximum absolute atomic E-state index is 14.1. The van der Waals surface area contributed by atoms with Crippen molar-refractivity contribution in [3.05, 3.63) is 64.7 Å². The predicted molar refractivity (Wildman–Crippen MR) is 82.6 cm³/mol. The summed E-state index contributed by atoms with van der Waals surface area (Å²) < 4.78 is 28.1. The summed E-state index contributed by atoms with van der Waals surface area (Å²) in [5.41, 5.74) is 6.63. The summed E-state index contributed by atoms with van der Waals surface area (Å²) in [6.07, 6.45) is 0. The number of nitrogens with zero attached hydrogens (tertiary/aromatic N) is 1. The zero-order chi connectivity index (χ0) is 15.4. The molecule has 2 aromatic carbocycles. The summed E-state index contributed by atoms with van der Waals surface area (Å²) in [7, 11) is 0. The Morgan fingerprint density at radius 2 is 1.86 bits per heavy atom. The third-order valence-corrected chi connectivity index (χ3v) is 3.66. The van der Waals surface area contributed by atoms with Crippen LogP contribution >= 0.6 is 11.6 Å². The summed E-state index contributed by atoms with van der Waals surface area (Å²) >= 11 is 5.78. The van der Waals surface area contributed by atoms with Gasteiger partial charge in [0.2, 0.25) is 0 Å². The van der Waals surface area contributed by atoms with Crippen LogP contribution in [0.2, 0.25) is 5.02 Å². The molecule has 0 bridgehead atoms. The molecule has 2 N–H and O–H groups in total. The second kappa shape index (κ2) is 6.87. The van der Waals surface area contributed by atoms with Gasteiger partial charge in [0, 0.05) is 23.7 Å². The van der Waals surface area contributed by atoms with Crippen molar-refractivity contribution >= 4 is 17.3 Å². The third kappa shape index (κ3) is 3.34. The van der Waals surface area contributed by atoms with Crippen LogP contribution in [0.25, 0.3) is 0 Å². The summed E-state index contributed by atoms with van der Waals surface area (Å²) in [5, 5.41) is 0.320. The standard InChI is InChI=1S/C16H17ClF2N2/c1-2-21(15-6-4-3-5-13(15)18)16(10-20)12-8-7-11(17)9-14(12)19/h3-9,16H,2,10,20H2,1H3. The number of rotatable bonds is 5. The average molecular weight is 311 g/mol. The smallest absolute Gasteiger partial charge is 0.146 e. The molecule has 0 saturated heterocycles. The van der Waals surface area contributed by atoms with E-state index in [9.17, 15) is 8.78 Å². The fourth-order valence-electron chi connectivity index (χ4n) is 2.44. The van der Waals surface area contributed by atoms with Crippen molar-refractivity contribution in [3.8, 4) is 0 Å². The third-order valence-electron chi connectivity index (χ3n) is 3.42. The maximum atomic E-state index is 14.1. The topological polar surface area (TPSA) is 29.3 Å². The average Bonchev–Trinajstić information content (AvgIpc) is 2.47. The lowest BCUT2D eigenvalue weighted by Crippen LogP contribution is -2.34. The first kappa shape index (κ1) is 15.7. The molecule has 0 spiro atoms. The van der Waals surface area contributed by atoms with Gasteiger partial charge >= 0.3 is 0 Å². The lowest BCUT2D eigenvalue weighted by Gasteiger charge is -2.32. The number of anilines is 1. The van der Waals surface area contributed by atoms with Crippen molar-refractivity contribution in [2.75, 3.05) is 18.0 Å². The molecule has 0 saturated carbocycles. The Morgan fingerprint density at radius 1 is 1.14 bits per heavy atom. The Kier molecular flexibility index (Phi) is 5.15. The molecule has 0 heterocycles. The Labute approximate surface area is 128 Å². The number of benzene rings is 2. The predicted octanol–water partition coefficient (Wildman–Crippen LogP) is 4.14. The Balaban J connectivity index is 2.45. The number of para-hydroxylation sites is 1. The van der Waals surface area contributed by atoms with E-state index in [-0.39, 0.29) is 12.4 Å². The van der Waals surface area contributed by atoms with Gasteiger partial charge in [-0.3, -0.25) is 0 Å². The SMILES string of the molecule is CCN(c1ccccc1F)C(CN)c1ccc(Cl)cc1F. The minimum absolute atomic E-state index is 0.167. The normalized spacial score (nSPS) is 12.2. The van der Waals surface area contributed by atoms with E-state index in [1.807, 2.05) is 6.92 Å². The molecule has 112 valence electrons. The van der Waals surface area contributed by atoms with Crippen molar-refractivity contribution in [1.29, 1.82) is 0 Å². The highest BCUT2D eigenvalue weighted by Crippen LogP contribution is 2.30. The summed E-state index contributed by atoms with van der Waals surface area (Å²) in [5.74, 6) is -0.792. The van der Waals surface area contributed by atoms with Gasteiger partial charge in [0.05, 0.1) is 11.7 Å². The Bertz CT molecular complexity index is 619. The second-order valence-electron chi connectivity index (χ2n) is 4.65. The number of halogens is 3. The molecule has 2 rings (SSSR count). The van der Waals surface area contributed by atoms with E-state index in [0.717, 1.165) is 0 Å². The van der Waals surface area contributed by atoms with E-state index in [0.29, 0.717) is 22.8 Å². The van der Waals surface area contributed by atoms with Crippen LogP contribution in [0.15, 0.2) is 42.5 Å². The van der Waals surface area contributed by atoms with Crippen LogP contribution in [0.5, 0.6) is 0 Å². The molecule has 1 atom stereocenters. The summed E-state index contributed by atoms with van der Waals surface area (Å²) in [6.45, 7) is 2.55. The van der Waals surface area contributed by atoms with E-state index in [1.165, 1.54) is 12.1 Å². The molecule has 2 aromatic rings. The zero-order valence-electron chi connectivity index (χ0n) is 11.7. The van der Waals surface area contributed by atoms with Crippen molar-refractivity contribution in [1.82, 2.24) is 0 Å². The van der Waals surface area contributed by atoms with E-state index in [1.54, 1.807) is 35.2 Å². The Hall–Kier alpha value is -1.65. The van der Waals surface area contributed by atoms with Crippen molar-refractivity contribution in [3.63, 3.8) is 0 Å². The molecule has 0 radical (unpaired) electrons. The minimum atomic E-state index is -0.454. The van der Waals surface area contributed by atoms with Gasteiger partial charge in [-0.15, -0.1) is 0 Å². The summed E-state index contributed by atoms with van der Waals surface area (Å²) in [4.78, 5) is 1.75. The number of likely N-dealkylation sites (N-methyl/N-ethyl adjacent to an activating group) is 1. The number of nitrogens with two attached hydrogens (primary N) is 1. The second-order valence-corrected chi connectivity index (χ2v) is 5.09. The highest BCUT2D eigenvalue weighted by molar-refractivity contribution is 6.30. The van der Waals surface area contributed by atoms with Gasteiger partial charge in [0.15, 0.2) is 0 Å². The molecule has 2 nitrogen and oxygen atoms in total. The van der Waals surface area contributed by atoms with E-state index in [2.05, 4.69) is 0 Å². The molecule has 0 aliphatic heterocycles. The molecular weight excluding hydrogens is 294 g/mol. The van der Waals surface area contributed by atoms with Crippen LogP contribution in [0, 0.1) is 11.6 Å². The van der Waals surface area contributed by atoms with Crippen molar-refractivity contribution < 1.29 is 8.78 Å². The van der Waals surface area contributed by atoms with Gasteiger partial charge in [-0.2, -0.15) is 0 Å². The quantitative estimate of drug-likeness (QED) is 0.899. The lowest BCUT2D eigenvalue weighted by molar-refractivity contribution is 0.550. The molecule has 0 fully saturated rings. The van der Waals surface area contributed by atoms with Gasteiger partial charge in [-0.1, -0.05) is 29.8 Å². The minimum Gasteiger partial charge on any atom is -0.361 e. The van der Waals surface area contributed by atoms with Crippen LogP contribution in [0.4, 0.5) is 14.5 Å². The summed E-state index contributed by atoms with van der Waals surface area (Å²) in [6, 6.07) is 10.4. The first-order valence-corrected chi connectivity index (χ1v) is 7.12. The molecule has 0 aliphatic carbocycles. The zero-order valence-corrected chi connectivity index (χ0v) is 12.4. The highest BCUT2D eigenvalue weighted by Gasteiger charge is 2.23. The Morgan fingerprint density at radius 3 is 2.43 bits per heavy atom.